The molecule has 0 aliphatic heterocycles. The third-order valence-electron chi connectivity index (χ3n) is 7.20. The minimum Gasteiger partial charge on any atom is -0.381 e. The highest BCUT2D eigenvalue weighted by atomic mass is 16.1. The fraction of sp³-hybridized carbons (Fsp3) is 0.258. The van der Waals surface area contributed by atoms with Crippen molar-refractivity contribution in [1.29, 1.82) is 0 Å². The van der Waals surface area contributed by atoms with Crippen molar-refractivity contribution in [1.82, 2.24) is 24.1 Å². The van der Waals surface area contributed by atoms with E-state index >= 15 is 0 Å². The van der Waals surface area contributed by atoms with Gasteiger partial charge in [0.25, 0.3) is 11.5 Å². The Balaban J connectivity index is 0.000000207. The molecule has 9 nitrogen and oxygen atoms in total. The summed E-state index contributed by atoms with van der Waals surface area (Å²) in [7, 11) is 0. The Bertz CT molecular complexity index is 1730. The number of benzene rings is 2. The van der Waals surface area contributed by atoms with Crippen molar-refractivity contribution in [2.75, 3.05) is 5.73 Å². The van der Waals surface area contributed by atoms with Crippen LogP contribution >= 0.6 is 0 Å². The molecule has 40 heavy (non-hydrogen) atoms. The van der Waals surface area contributed by atoms with E-state index in [-0.39, 0.29) is 16.9 Å². The highest BCUT2D eigenvalue weighted by molar-refractivity contribution is 6.03. The molecule has 1 fully saturated rings. The summed E-state index contributed by atoms with van der Waals surface area (Å²) >= 11 is 0. The second-order valence-corrected chi connectivity index (χ2v) is 9.87. The Morgan fingerprint density at radius 3 is 2.55 bits per heavy atom. The summed E-state index contributed by atoms with van der Waals surface area (Å²) < 4.78 is 3.18. The molecule has 0 atom stereocenters. The van der Waals surface area contributed by atoms with Crippen LogP contribution in [0.5, 0.6) is 0 Å². The second-order valence-electron chi connectivity index (χ2n) is 9.87. The number of hydrogen-bond acceptors (Lipinski definition) is 6. The third kappa shape index (κ3) is 5.49. The van der Waals surface area contributed by atoms with Crippen LogP contribution in [0.15, 0.2) is 77.9 Å². The normalized spacial score (nSPS) is 13.9. The third-order valence-corrected chi connectivity index (χ3v) is 7.20. The first-order chi connectivity index (χ1) is 19.5. The van der Waals surface area contributed by atoms with E-state index in [9.17, 15) is 9.59 Å². The fourth-order valence-corrected chi connectivity index (χ4v) is 5.23. The van der Waals surface area contributed by atoms with Crippen LogP contribution in [0.25, 0.3) is 28.3 Å². The van der Waals surface area contributed by atoms with E-state index in [0.717, 1.165) is 22.6 Å². The molecule has 1 saturated carbocycles. The van der Waals surface area contributed by atoms with Gasteiger partial charge in [-0.05, 0) is 48.6 Å². The first kappa shape index (κ1) is 26.8. The van der Waals surface area contributed by atoms with Crippen LogP contribution in [0.4, 0.5) is 5.82 Å². The molecule has 5 aromatic rings. The van der Waals surface area contributed by atoms with Gasteiger partial charge in [0.2, 0.25) is 0 Å². The number of primary amides is 1. The van der Waals surface area contributed by atoms with E-state index in [0.29, 0.717) is 23.4 Å². The standard InChI is InChI=1S/C24H26N2O.C7H7N5O/c1-2-22-25-21-15-9-12-19(17-16-18-10-5-3-6-11-18)23(21)24(27)26(22)20-13-7-4-8-14-20;8-5-4(6(9)13)7-10-2-1-3-12(7)11-5/h4,7-9,12-18H,2-3,5-6,10-11H2,1H3;1-3H,(H2,8,11)(H2,9,13)/b17-16+;. The number of para-hydroxylation sites is 1. The Hall–Kier alpha value is -4.79. The average molecular weight is 536 g/mol. The molecule has 3 aromatic heterocycles. The van der Waals surface area contributed by atoms with Gasteiger partial charge in [-0.15, -0.1) is 5.10 Å². The van der Waals surface area contributed by atoms with Crippen molar-refractivity contribution in [2.45, 2.75) is 45.4 Å². The summed E-state index contributed by atoms with van der Waals surface area (Å²) in [5.74, 6) is 0.915. The summed E-state index contributed by atoms with van der Waals surface area (Å²) in [5, 5.41) is 4.58. The number of amides is 1. The zero-order chi connectivity index (χ0) is 28.1. The lowest BCUT2D eigenvalue weighted by atomic mass is 9.88. The predicted octanol–water partition coefficient (Wildman–Crippen LogP) is 4.95. The molecule has 2 aromatic carbocycles. The zero-order valence-electron chi connectivity index (χ0n) is 22.5. The number of hydrogen-bond donors (Lipinski definition) is 2. The molecule has 0 unspecified atom stereocenters. The van der Waals surface area contributed by atoms with Crippen molar-refractivity contribution >= 4 is 34.4 Å². The minimum absolute atomic E-state index is 0.0203. The number of carbonyl (C=O) groups excluding carboxylic acids is 1. The van der Waals surface area contributed by atoms with E-state index in [1.807, 2.05) is 55.5 Å². The van der Waals surface area contributed by atoms with E-state index in [1.54, 1.807) is 23.0 Å². The van der Waals surface area contributed by atoms with E-state index < -0.39 is 5.91 Å². The van der Waals surface area contributed by atoms with Gasteiger partial charge in [-0.2, -0.15) is 0 Å². The molecule has 1 aliphatic rings. The van der Waals surface area contributed by atoms with Crippen LogP contribution in [0.2, 0.25) is 0 Å². The van der Waals surface area contributed by atoms with Gasteiger partial charge in [0.1, 0.15) is 11.4 Å². The molecular weight excluding hydrogens is 502 g/mol. The number of nitrogen functional groups attached to an aromatic ring is 1. The first-order valence-electron chi connectivity index (χ1n) is 13.6. The first-order valence-corrected chi connectivity index (χ1v) is 13.6. The van der Waals surface area contributed by atoms with Gasteiger partial charge >= 0.3 is 0 Å². The smallest absolute Gasteiger partial charge is 0.266 e. The molecule has 9 heteroatoms. The molecule has 0 saturated heterocycles. The number of nitrogens with zero attached hydrogens (tertiary/aromatic N) is 5. The van der Waals surface area contributed by atoms with E-state index in [4.69, 9.17) is 16.5 Å². The molecule has 1 amide bonds. The predicted molar refractivity (Wildman–Crippen MR) is 158 cm³/mol. The largest absolute Gasteiger partial charge is 0.381 e. The van der Waals surface area contributed by atoms with Crippen LogP contribution < -0.4 is 17.0 Å². The quantitative estimate of drug-likeness (QED) is 0.327. The minimum atomic E-state index is -0.619. The van der Waals surface area contributed by atoms with Gasteiger partial charge in [-0.3, -0.25) is 14.2 Å². The van der Waals surface area contributed by atoms with Gasteiger partial charge < -0.3 is 11.5 Å². The van der Waals surface area contributed by atoms with Crippen molar-refractivity contribution in [3.05, 3.63) is 100 Å². The number of aromatic nitrogens is 5. The molecule has 3 heterocycles. The summed E-state index contributed by atoms with van der Waals surface area (Å²) in [6.45, 7) is 2.04. The van der Waals surface area contributed by atoms with Crippen LogP contribution in [-0.4, -0.2) is 30.1 Å². The second kappa shape index (κ2) is 11.9. The Labute approximate surface area is 232 Å². The van der Waals surface area contributed by atoms with Crippen molar-refractivity contribution in [2.24, 2.45) is 11.7 Å². The number of anilines is 1. The number of fused-ring (bicyclic) bond motifs is 2. The van der Waals surface area contributed by atoms with Gasteiger partial charge in [0.05, 0.1) is 16.6 Å². The lowest BCUT2D eigenvalue weighted by molar-refractivity contribution is 0.100. The molecule has 204 valence electrons. The highest BCUT2D eigenvalue weighted by Crippen LogP contribution is 2.26. The van der Waals surface area contributed by atoms with Crippen LogP contribution in [0, 0.1) is 5.92 Å². The summed E-state index contributed by atoms with van der Waals surface area (Å²) in [5.41, 5.74) is 13.8. The molecular formula is C31H33N7O2. The molecule has 0 radical (unpaired) electrons. The van der Waals surface area contributed by atoms with Crippen molar-refractivity contribution < 1.29 is 4.79 Å². The van der Waals surface area contributed by atoms with Gasteiger partial charge in [0, 0.05) is 18.8 Å². The van der Waals surface area contributed by atoms with Crippen LogP contribution in [-0.2, 0) is 6.42 Å². The van der Waals surface area contributed by atoms with Crippen LogP contribution in [0.3, 0.4) is 0 Å². The number of carbonyl (C=O) groups is 1. The molecule has 6 rings (SSSR count). The lowest BCUT2D eigenvalue weighted by Gasteiger charge is -2.18. The summed E-state index contributed by atoms with van der Waals surface area (Å²) in [6.07, 6.45) is 14.8. The van der Waals surface area contributed by atoms with Gasteiger partial charge in [0.15, 0.2) is 11.5 Å². The number of allylic oxidation sites excluding steroid dienone is 1. The molecule has 4 N–H and O–H groups in total. The van der Waals surface area contributed by atoms with Gasteiger partial charge in [-0.25, -0.2) is 14.5 Å². The summed E-state index contributed by atoms with van der Waals surface area (Å²) in [4.78, 5) is 33.2. The topological polar surface area (TPSA) is 134 Å². The zero-order valence-corrected chi connectivity index (χ0v) is 22.5. The average Bonchev–Trinajstić information content (AvgIpc) is 3.33. The number of nitrogens with two attached hydrogens (primary N) is 2. The maximum Gasteiger partial charge on any atom is 0.266 e. The Morgan fingerprint density at radius 1 is 1.05 bits per heavy atom. The Morgan fingerprint density at radius 2 is 1.82 bits per heavy atom. The highest BCUT2D eigenvalue weighted by Gasteiger charge is 2.16. The fourth-order valence-electron chi connectivity index (χ4n) is 5.23. The van der Waals surface area contributed by atoms with Crippen LogP contribution in [0.1, 0.15) is 60.8 Å². The Kier molecular flexibility index (Phi) is 8.00. The van der Waals surface area contributed by atoms with E-state index in [1.165, 1.54) is 36.6 Å². The maximum absolute atomic E-state index is 13.5. The summed E-state index contributed by atoms with van der Waals surface area (Å²) in [6, 6.07) is 17.5. The van der Waals surface area contributed by atoms with Gasteiger partial charge in [-0.1, -0.05) is 68.7 Å². The van der Waals surface area contributed by atoms with Crippen molar-refractivity contribution in [3.8, 4) is 5.69 Å². The van der Waals surface area contributed by atoms with E-state index in [2.05, 4.69) is 22.2 Å². The SMILES string of the molecule is CCc1nc2cccc(/C=C/C3CCCCC3)c2c(=O)n1-c1ccccc1.NC(=O)c1c(N)nn2cccnc12. The molecule has 0 bridgehead atoms. The monoisotopic (exact) mass is 535 g/mol. The molecule has 0 spiro atoms. The van der Waals surface area contributed by atoms with Crippen molar-refractivity contribution in [3.63, 3.8) is 0 Å². The maximum atomic E-state index is 13.5. The number of aryl methyl sites for hydroxylation is 1. The molecule has 1 aliphatic carbocycles. The number of rotatable bonds is 5. The lowest BCUT2D eigenvalue weighted by Crippen LogP contribution is -2.24.